The fourth-order valence-corrected chi connectivity index (χ4v) is 2.78. The number of nitrogens with zero attached hydrogens (tertiary/aromatic N) is 5. The van der Waals surface area contributed by atoms with Crippen molar-refractivity contribution >= 4 is 17.9 Å². The van der Waals surface area contributed by atoms with Crippen molar-refractivity contribution in [1.82, 2.24) is 15.0 Å². The maximum absolute atomic E-state index is 13.6. The second-order valence-electron chi connectivity index (χ2n) is 7.87. The Labute approximate surface area is 179 Å². The molecule has 0 bridgehead atoms. The van der Waals surface area contributed by atoms with Crippen LogP contribution in [-0.2, 0) is 12.0 Å². The Hall–Kier alpha value is -3.75. The molecule has 4 N–H and O–H groups in total. The number of rotatable bonds is 5. The monoisotopic (exact) mass is 423 g/mol. The van der Waals surface area contributed by atoms with Gasteiger partial charge in [0.15, 0.2) is 11.6 Å². The van der Waals surface area contributed by atoms with Gasteiger partial charge in [0.2, 0.25) is 5.95 Å². The number of nitrogen functional groups attached to an aromatic ring is 1. The molecule has 0 saturated heterocycles. The number of hydrazone groups is 1. The number of nitrogens with two attached hydrogens (primary N) is 2. The molecule has 160 valence electrons. The van der Waals surface area contributed by atoms with Crippen LogP contribution in [0.5, 0.6) is 0 Å². The third-order valence-electron chi connectivity index (χ3n) is 4.40. The average molecular weight is 423 g/mol. The van der Waals surface area contributed by atoms with Crippen molar-refractivity contribution in [3.8, 4) is 11.3 Å². The van der Waals surface area contributed by atoms with Crippen molar-refractivity contribution < 1.29 is 8.78 Å². The lowest BCUT2D eigenvalue weighted by atomic mass is 9.91. The first-order valence-electron chi connectivity index (χ1n) is 9.52. The number of hydrogen-bond acceptors (Lipinski definition) is 7. The van der Waals surface area contributed by atoms with Crippen molar-refractivity contribution in [2.75, 3.05) is 5.73 Å². The quantitative estimate of drug-likeness (QED) is 0.369. The van der Waals surface area contributed by atoms with E-state index < -0.39 is 11.6 Å². The van der Waals surface area contributed by atoms with E-state index in [9.17, 15) is 8.78 Å². The third-order valence-corrected chi connectivity index (χ3v) is 4.40. The van der Waals surface area contributed by atoms with Gasteiger partial charge < -0.3 is 11.6 Å². The first-order chi connectivity index (χ1) is 14.7. The van der Waals surface area contributed by atoms with Gasteiger partial charge in [0, 0.05) is 16.7 Å². The molecule has 1 aromatic carbocycles. The highest BCUT2D eigenvalue weighted by atomic mass is 19.2. The average Bonchev–Trinajstić information content (AvgIpc) is 2.72. The van der Waals surface area contributed by atoms with Gasteiger partial charge in [-0.25, -0.2) is 18.7 Å². The van der Waals surface area contributed by atoms with Crippen LogP contribution in [0.1, 0.15) is 37.9 Å². The molecule has 0 aliphatic rings. The topological polar surface area (TPSA) is 115 Å². The molecule has 3 aromatic rings. The largest absolute Gasteiger partial charge is 0.368 e. The van der Waals surface area contributed by atoms with Crippen LogP contribution in [0.4, 0.5) is 14.7 Å². The van der Waals surface area contributed by atoms with Crippen LogP contribution in [0.25, 0.3) is 11.3 Å². The molecule has 0 fully saturated rings. The molecule has 0 atom stereocenters. The zero-order chi connectivity index (χ0) is 22.6. The molecule has 31 heavy (non-hydrogen) atoms. The molecule has 7 nitrogen and oxygen atoms in total. The molecule has 0 aliphatic carbocycles. The van der Waals surface area contributed by atoms with Crippen molar-refractivity contribution in [1.29, 1.82) is 0 Å². The Balaban J connectivity index is 1.84. The fraction of sp³-hybridized carbons (Fsp3) is 0.227. The molecule has 9 heteroatoms. The smallest absolute Gasteiger partial charge is 0.221 e. The minimum absolute atomic E-state index is 0.0636. The molecular weight excluding hydrogens is 400 g/mol. The first kappa shape index (κ1) is 21.9. The normalized spacial score (nSPS) is 12.5. The Kier molecular flexibility index (Phi) is 6.33. The van der Waals surface area contributed by atoms with E-state index in [0.29, 0.717) is 23.5 Å². The van der Waals surface area contributed by atoms with Crippen LogP contribution in [0.15, 0.2) is 52.6 Å². The number of pyridine rings is 1. The van der Waals surface area contributed by atoms with E-state index in [1.807, 2.05) is 18.2 Å². The van der Waals surface area contributed by atoms with Gasteiger partial charge in [0.25, 0.3) is 0 Å². The fourth-order valence-electron chi connectivity index (χ4n) is 2.78. The Morgan fingerprint density at radius 3 is 2.48 bits per heavy atom. The van der Waals surface area contributed by atoms with Crippen LogP contribution >= 0.6 is 0 Å². The van der Waals surface area contributed by atoms with Gasteiger partial charge in [-0.1, -0.05) is 26.8 Å². The molecule has 3 rings (SSSR count). The second-order valence-corrected chi connectivity index (χ2v) is 7.87. The summed E-state index contributed by atoms with van der Waals surface area (Å²) in [5.74, 6) is 3.51. The summed E-state index contributed by atoms with van der Waals surface area (Å²) in [6, 6.07) is 10.8. The summed E-state index contributed by atoms with van der Waals surface area (Å²) in [7, 11) is 0. The van der Waals surface area contributed by atoms with Crippen LogP contribution in [-0.4, -0.2) is 26.9 Å². The second kappa shape index (κ2) is 8.95. The molecule has 0 spiro atoms. The summed E-state index contributed by atoms with van der Waals surface area (Å²) >= 11 is 0. The van der Waals surface area contributed by atoms with Crippen LogP contribution in [0, 0.1) is 11.6 Å². The number of halogens is 2. The minimum Gasteiger partial charge on any atom is -0.368 e. The number of hydrogen-bond donors (Lipinski definition) is 2. The Morgan fingerprint density at radius 2 is 1.81 bits per heavy atom. The van der Waals surface area contributed by atoms with Gasteiger partial charge in [-0.05, 0) is 36.4 Å². The van der Waals surface area contributed by atoms with E-state index in [-0.39, 0.29) is 17.1 Å². The lowest BCUT2D eigenvalue weighted by Crippen LogP contribution is -2.14. The van der Waals surface area contributed by atoms with Gasteiger partial charge in [-0.15, -0.1) is 0 Å². The third kappa shape index (κ3) is 5.44. The predicted molar refractivity (Wildman–Crippen MR) is 118 cm³/mol. The molecule has 2 aromatic heterocycles. The van der Waals surface area contributed by atoms with Crippen LogP contribution in [0.3, 0.4) is 0 Å². The molecule has 0 amide bonds. The molecule has 2 heterocycles. The first-order valence-corrected chi connectivity index (χ1v) is 9.52. The maximum atomic E-state index is 13.6. The van der Waals surface area contributed by atoms with Gasteiger partial charge in [0.1, 0.15) is 5.71 Å². The number of aromatic nitrogens is 3. The van der Waals surface area contributed by atoms with E-state index in [2.05, 4.69) is 45.8 Å². The molecule has 0 aliphatic heterocycles. The summed E-state index contributed by atoms with van der Waals surface area (Å²) in [6.45, 7) is 6.59. The Bertz CT molecular complexity index is 1150. The SMILES string of the molecule is CC(C)(C)c1cccc(CN=C/C(=N\N)c2cc(-c3ccc(F)c(F)c3)nc(N)n2)n1. The van der Waals surface area contributed by atoms with Crippen molar-refractivity contribution in [3.63, 3.8) is 0 Å². The van der Waals surface area contributed by atoms with Crippen molar-refractivity contribution in [2.24, 2.45) is 15.9 Å². The molecule has 0 radical (unpaired) electrons. The number of aliphatic imine (C=N–C) groups is 1. The highest BCUT2D eigenvalue weighted by Gasteiger charge is 2.15. The number of benzene rings is 1. The zero-order valence-electron chi connectivity index (χ0n) is 17.5. The minimum atomic E-state index is -0.990. The van der Waals surface area contributed by atoms with Gasteiger partial charge >= 0.3 is 0 Å². The number of anilines is 1. The predicted octanol–water partition coefficient (Wildman–Crippen LogP) is 3.63. The van der Waals surface area contributed by atoms with E-state index in [0.717, 1.165) is 23.5 Å². The van der Waals surface area contributed by atoms with Crippen LogP contribution < -0.4 is 11.6 Å². The van der Waals surface area contributed by atoms with E-state index in [1.165, 1.54) is 18.3 Å². The standard InChI is InChI=1S/C22H23F2N7/c1-22(2,3)20-6-4-5-14(28-20)11-27-12-19(31-26)18-10-17(29-21(25)30-18)13-7-8-15(23)16(24)9-13/h4-10,12H,11,26H2,1-3H3,(H2,25,29,30)/b27-12?,31-19+. The molecular formula is C22H23F2N7. The van der Waals surface area contributed by atoms with Crippen LogP contribution in [0.2, 0.25) is 0 Å². The summed E-state index contributed by atoms with van der Waals surface area (Å²) in [5.41, 5.74) is 8.68. The van der Waals surface area contributed by atoms with E-state index >= 15 is 0 Å². The lowest BCUT2D eigenvalue weighted by molar-refractivity contribution is 0.509. The van der Waals surface area contributed by atoms with Gasteiger partial charge in [0.05, 0.1) is 29.8 Å². The van der Waals surface area contributed by atoms with Gasteiger partial charge in [-0.3, -0.25) is 9.98 Å². The van der Waals surface area contributed by atoms with Gasteiger partial charge in [-0.2, -0.15) is 5.10 Å². The van der Waals surface area contributed by atoms with Crippen molar-refractivity contribution in [2.45, 2.75) is 32.7 Å². The summed E-state index contributed by atoms with van der Waals surface area (Å²) in [6.07, 6.45) is 1.46. The molecule has 0 saturated carbocycles. The highest BCUT2D eigenvalue weighted by molar-refractivity contribution is 6.37. The Morgan fingerprint density at radius 1 is 1.03 bits per heavy atom. The maximum Gasteiger partial charge on any atom is 0.221 e. The van der Waals surface area contributed by atoms with E-state index in [1.54, 1.807) is 0 Å². The summed E-state index contributed by atoms with van der Waals surface area (Å²) < 4.78 is 26.8. The van der Waals surface area contributed by atoms with Crippen molar-refractivity contribution in [3.05, 3.63) is 71.2 Å². The summed E-state index contributed by atoms with van der Waals surface area (Å²) in [5, 5.41) is 3.72. The summed E-state index contributed by atoms with van der Waals surface area (Å²) in [4.78, 5) is 17.2. The molecule has 0 unspecified atom stereocenters. The van der Waals surface area contributed by atoms with E-state index in [4.69, 9.17) is 11.6 Å². The zero-order valence-corrected chi connectivity index (χ0v) is 17.5. The highest BCUT2D eigenvalue weighted by Crippen LogP contribution is 2.22. The lowest BCUT2D eigenvalue weighted by Gasteiger charge is -2.17.